The lowest BCUT2D eigenvalue weighted by Crippen LogP contribution is -2.22. The van der Waals surface area contributed by atoms with Crippen LogP contribution in [-0.4, -0.2) is 23.7 Å². The monoisotopic (exact) mass is 292 g/mol. The van der Waals surface area contributed by atoms with Gasteiger partial charge < -0.3 is 10.1 Å². The Balaban J connectivity index is 2.91. The van der Waals surface area contributed by atoms with E-state index in [1.54, 1.807) is 0 Å². The van der Waals surface area contributed by atoms with Crippen molar-refractivity contribution in [1.82, 2.24) is 5.32 Å². The SMILES string of the molecule is CC(C)NCc1ccc([N+](=O)[O-])c(OCC(F)(F)F)c1. The second kappa shape index (κ2) is 6.56. The second-order valence-corrected chi connectivity index (χ2v) is 4.50. The maximum absolute atomic E-state index is 12.1. The third-order valence-corrected chi connectivity index (χ3v) is 2.33. The van der Waals surface area contributed by atoms with E-state index in [1.165, 1.54) is 12.1 Å². The minimum atomic E-state index is -4.54. The van der Waals surface area contributed by atoms with Gasteiger partial charge in [0.25, 0.3) is 0 Å². The van der Waals surface area contributed by atoms with Gasteiger partial charge in [-0.05, 0) is 11.6 Å². The minimum Gasteiger partial charge on any atom is -0.477 e. The molecule has 0 aliphatic carbocycles. The molecule has 1 rings (SSSR count). The molecule has 0 heterocycles. The van der Waals surface area contributed by atoms with Gasteiger partial charge in [-0.1, -0.05) is 19.9 Å². The molecule has 0 unspecified atom stereocenters. The molecule has 0 saturated carbocycles. The van der Waals surface area contributed by atoms with Crippen LogP contribution in [-0.2, 0) is 6.54 Å². The Morgan fingerprint density at radius 2 is 2.05 bits per heavy atom. The Hall–Kier alpha value is -1.83. The molecular weight excluding hydrogens is 277 g/mol. The largest absolute Gasteiger partial charge is 0.477 e. The van der Waals surface area contributed by atoms with E-state index >= 15 is 0 Å². The molecule has 1 aromatic carbocycles. The van der Waals surface area contributed by atoms with Gasteiger partial charge in [0.1, 0.15) is 0 Å². The average molecular weight is 292 g/mol. The van der Waals surface area contributed by atoms with Crippen molar-refractivity contribution >= 4 is 5.69 Å². The molecule has 0 aliphatic rings. The van der Waals surface area contributed by atoms with Crippen LogP contribution in [0.5, 0.6) is 5.75 Å². The van der Waals surface area contributed by atoms with Gasteiger partial charge in [-0.2, -0.15) is 13.2 Å². The molecule has 8 heteroatoms. The fourth-order valence-corrected chi connectivity index (χ4v) is 1.42. The van der Waals surface area contributed by atoms with Crippen LogP contribution in [0.1, 0.15) is 19.4 Å². The molecule has 0 spiro atoms. The molecule has 0 bridgehead atoms. The van der Waals surface area contributed by atoms with Gasteiger partial charge in [-0.25, -0.2) is 0 Å². The predicted molar refractivity (Wildman–Crippen MR) is 66.6 cm³/mol. The summed E-state index contributed by atoms with van der Waals surface area (Å²) >= 11 is 0. The first-order valence-electron chi connectivity index (χ1n) is 5.89. The number of hydrogen-bond acceptors (Lipinski definition) is 4. The second-order valence-electron chi connectivity index (χ2n) is 4.50. The van der Waals surface area contributed by atoms with Crippen LogP contribution < -0.4 is 10.1 Å². The smallest absolute Gasteiger partial charge is 0.422 e. The molecular formula is C12H15F3N2O3. The number of ether oxygens (including phenoxy) is 1. The van der Waals surface area contributed by atoms with Crippen LogP contribution >= 0.6 is 0 Å². The first-order chi connectivity index (χ1) is 9.19. The van der Waals surface area contributed by atoms with E-state index in [4.69, 9.17) is 0 Å². The van der Waals surface area contributed by atoms with Crippen molar-refractivity contribution in [2.24, 2.45) is 0 Å². The Morgan fingerprint density at radius 1 is 1.40 bits per heavy atom. The highest BCUT2D eigenvalue weighted by molar-refractivity contribution is 5.48. The Labute approximate surface area is 113 Å². The number of nitro groups is 1. The maximum atomic E-state index is 12.1. The van der Waals surface area contributed by atoms with Crippen molar-refractivity contribution in [3.63, 3.8) is 0 Å². The van der Waals surface area contributed by atoms with Crippen molar-refractivity contribution in [1.29, 1.82) is 0 Å². The van der Waals surface area contributed by atoms with E-state index in [9.17, 15) is 23.3 Å². The summed E-state index contributed by atoms with van der Waals surface area (Å²) < 4.78 is 40.9. The fraction of sp³-hybridized carbons (Fsp3) is 0.500. The van der Waals surface area contributed by atoms with Crippen molar-refractivity contribution in [3.8, 4) is 5.75 Å². The highest BCUT2D eigenvalue weighted by atomic mass is 19.4. The Morgan fingerprint density at radius 3 is 2.55 bits per heavy atom. The van der Waals surface area contributed by atoms with Crippen molar-refractivity contribution in [2.75, 3.05) is 6.61 Å². The number of rotatable bonds is 6. The molecule has 0 atom stereocenters. The molecule has 5 nitrogen and oxygen atoms in total. The van der Waals surface area contributed by atoms with Crippen LogP contribution in [0.15, 0.2) is 18.2 Å². The summed E-state index contributed by atoms with van der Waals surface area (Å²) in [7, 11) is 0. The molecule has 1 N–H and O–H groups in total. The van der Waals surface area contributed by atoms with E-state index in [1.807, 2.05) is 13.8 Å². The molecule has 0 aromatic heterocycles. The van der Waals surface area contributed by atoms with Gasteiger partial charge in [-0.15, -0.1) is 0 Å². The fourth-order valence-electron chi connectivity index (χ4n) is 1.42. The van der Waals surface area contributed by atoms with Gasteiger partial charge in [0.15, 0.2) is 12.4 Å². The third kappa shape index (κ3) is 5.43. The maximum Gasteiger partial charge on any atom is 0.422 e. The number of hydrogen-bond donors (Lipinski definition) is 1. The summed E-state index contributed by atoms with van der Waals surface area (Å²) in [6, 6.07) is 4.06. The number of nitrogens with one attached hydrogen (secondary N) is 1. The quantitative estimate of drug-likeness (QED) is 0.646. The zero-order valence-electron chi connectivity index (χ0n) is 11.0. The average Bonchev–Trinajstić information content (AvgIpc) is 2.32. The standard InChI is InChI=1S/C12H15F3N2O3/c1-8(2)16-6-9-3-4-10(17(18)19)11(5-9)20-7-12(13,14)15/h3-5,8,16H,6-7H2,1-2H3. The van der Waals surface area contributed by atoms with Crippen molar-refractivity contribution < 1.29 is 22.8 Å². The molecule has 0 amide bonds. The highest BCUT2D eigenvalue weighted by Gasteiger charge is 2.30. The molecule has 1 aromatic rings. The lowest BCUT2D eigenvalue weighted by molar-refractivity contribution is -0.386. The number of nitrogens with zero attached hydrogens (tertiary/aromatic N) is 1. The number of alkyl halides is 3. The van der Waals surface area contributed by atoms with E-state index in [0.717, 1.165) is 6.07 Å². The van der Waals surface area contributed by atoms with Gasteiger partial charge in [-0.3, -0.25) is 10.1 Å². The van der Waals surface area contributed by atoms with Crippen molar-refractivity contribution in [2.45, 2.75) is 32.6 Å². The Kier molecular flexibility index (Phi) is 5.32. The molecule has 112 valence electrons. The predicted octanol–water partition coefficient (Wildman–Crippen LogP) is 3.03. The van der Waals surface area contributed by atoms with Crippen LogP contribution in [0.25, 0.3) is 0 Å². The van der Waals surface area contributed by atoms with Crippen LogP contribution in [0.3, 0.4) is 0 Å². The molecule has 0 fully saturated rings. The Bertz CT molecular complexity index is 476. The van der Waals surface area contributed by atoms with Crippen LogP contribution in [0.4, 0.5) is 18.9 Å². The summed E-state index contributed by atoms with van der Waals surface area (Å²) in [5, 5.41) is 13.8. The van der Waals surface area contributed by atoms with E-state index in [-0.39, 0.29) is 11.8 Å². The zero-order chi connectivity index (χ0) is 15.3. The summed E-state index contributed by atoms with van der Waals surface area (Å²) in [6.45, 7) is 2.64. The van der Waals surface area contributed by atoms with Crippen molar-refractivity contribution in [3.05, 3.63) is 33.9 Å². The summed E-state index contributed by atoms with van der Waals surface area (Å²) in [4.78, 5) is 9.98. The lowest BCUT2D eigenvalue weighted by atomic mass is 10.2. The minimum absolute atomic E-state index is 0.185. The molecule has 20 heavy (non-hydrogen) atoms. The van der Waals surface area contributed by atoms with E-state index < -0.39 is 23.4 Å². The molecule has 0 aliphatic heterocycles. The van der Waals surface area contributed by atoms with E-state index in [0.29, 0.717) is 12.1 Å². The van der Waals surface area contributed by atoms with Gasteiger partial charge in [0, 0.05) is 18.7 Å². The topological polar surface area (TPSA) is 64.4 Å². The molecule has 0 saturated heterocycles. The third-order valence-electron chi connectivity index (χ3n) is 2.33. The lowest BCUT2D eigenvalue weighted by Gasteiger charge is -2.12. The number of nitro benzene ring substituents is 1. The van der Waals surface area contributed by atoms with E-state index in [2.05, 4.69) is 10.1 Å². The number of benzene rings is 1. The zero-order valence-corrected chi connectivity index (χ0v) is 11.0. The van der Waals surface area contributed by atoms with Gasteiger partial charge >= 0.3 is 11.9 Å². The van der Waals surface area contributed by atoms with Gasteiger partial charge in [0.05, 0.1) is 4.92 Å². The molecule has 0 radical (unpaired) electrons. The highest BCUT2D eigenvalue weighted by Crippen LogP contribution is 2.29. The first kappa shape index (κ1) is 16.2. The van der Waals surface area contributed by atoms with Crippen LogP contribution in [0.2, 0.25) is 0 Å². The normalized spacial score (nSPS) is 11.7. The first-order valence-corrected chi connectivity index (χ1v) is 5.89. The summed E-state index contributed by atoms with van der Waals surface area (Å²) in [5.74, 6) is -0.379. The summed E-state index contributed by atoms with van der Waals surface area (Å²) in [5.41, 5.74) is 0.129. The summed E-state index contributed by atoms with van der Waals surface area (Å²) in [6.07, 6.45) is -4.54. The number of halogens is 3. The van der Waals surface area contributed by atoms with Crippen LogP contribution in [0, 0.1) is 10.1 Å². The van der Waals surface area contributed by atoms with Gasteiger partial charge in [0.2, 0.25) is 0 Å².